The maximum Gasteiger partial charge on any atom is 0.236 e. The number of nitrogens with two attached hydrogens (primary N) is 1. The molecule has 2 aliphatic rings. The summed E-state index contributed by atoms with van der Waals surface area (Å²) in [7, 11) is 5.98. The Labute approximate surface area is 127 Å². The second kappa shape index (κ2) is 5.48. The van der Waals surface area contributed by atoms with E-state index in [0.717, 1.165) is 12.8 Å². The first-order valence-corrected chi connectivity index (χ1v) is 7.68. The molecule has 0 radical (unpaired) electrons. The number of likely N-dealkylation sites (N-methyl/N-ethyl adjacent to an activating group) is 2. The second-order valence-electron chi connectivity index (χ2n) is 7.21. The number of carbonyl (C=O) groups excluding carboxylic acids is 1. The first-order chi connectivity index (χ1) is 9.77. The van der Waals surface area contributed by atoms with Crippen LogP contribution in [-0.4, -0.2) is 60.0 Å². The third-order valence-electron chi connectivity index (χ3n) is 5.51. The number of amides is 1. The highest BCUT2D eigenvalue weighted by atomic mass is 16.4. The zero-order valence-electron chi connectivity index (χ0n) is 13.6. The van der Waals surface area contributed by atoms with E-state index in [1.165, 1.54) is 6.42 Å². The van der Waals surface area contributed by atoms with Gasteiger partial charge in [0, 0.05) is 19.1 Å². The van der Waals surface area contributed by atoms with E-state index in [9.17, 15) is 4.79 Å². The first-order valence-electron chi connectivity index (χ1n) is 7.68. The van der Waals surface area contributed by atoms with Gasteiger partial charge < -0.3 is 20.7 Å². The van der Waals surface area contributed by atoms with Gasteiger partial charge in [-0.25, -0.2) is 0 Å². The van der Waals surface area contributed by atoms with Crippen molar-refractivity contribution >= 4 is 11.7 Å². The minimum atomic E-state index is -0.792. The highest BCUT2D eigenvalue weighted by Gasteiger charge is 2.54. The van der Waals surface area contributed by atoms with Crippen LogP contribution in [0.4, 0.5) is 0 Å². The maximum atomic E-state index is 12.9. The second-order valence-corrected chi connectivity index (χ2v) is 7.21. The van der Waals surface area contributed by atoms with E-state index in [2.05, 4.69) is 31.1 Å². The van der Waals surface area contributed by atoms with Gasteiger partial charge in [-0.1, -0.05) is 12.1 Å². The standard InChI is InChI=1S/C15H28N4O2/c1-11-8-15(9-11,12(16)17-21)13(20)19(4)10-14(18(2)3)6-5-7-14/h11,21H,5-10H2,1-4H3,(H2,16,17). The van der Waals surface area contributed by atoms with Crippen molar-refractivity contribution < 1.29 is 10.0 Å². The van der Waals surface area contributed by atoms with Gasteiger partial charge in [0.05, 0.1) is 0 Å². The lowest BCUT2D eigenvalue weighted by molar-refractivity contribution is -0.145. The van der Waals surface area contributed by atoms with Gasteiger partial charge in [0.2, 0.25) is 5.91 Å². The number of rotatable bonds is 5. The summed E-state index contributed by atoms with van der Waals surface area (Å²) in [6.45, 7) is 2.79. The van der Waals surface area contributed by atoms with Crippen LogP contribution in [0.3, 0.4) is 0 Å². The van der Waals surface area contributed by atoms with Crippen LogP contribution in [-0.2, 0) is 4.79 Å². The molecule has 0 spiro atoms. The molecule has 0 atom stereocenters. The fourth-order valence-electron chi connectivity index (χ4n) is 3.93. The monoisotopic (exact) mass is 296 g/mol. The van der Waals surface area contributed by atoms with Crippen molar-refractivity contribution in [1.29, 1.82) is 0 Å². The Morgan fingerprint density at radius 1 is 1.33 bits per heavy atom. The molecule has 6 nitrogen and oxygen atoms in total. The summed E-state index contributed by atoms with van der Waals surface area (Å²) in [4.78, 5) is 16.9. The van der Waals surface area contributed by atoms with E-state index in [1.54, 1.807) is 4.90 Å². The molecule has 0 heterocycles. The van der Waals surface area contributed by atoms with E-state index in [0.29, 0.717) is 25.3 Å². The lowest BCUT2D eigenvalue weighted by atomic mass is 9.61. The molecule has 0 aliphatic heterocycles. The fourth-order valence-corrected chi connectivity index (χ4v) is 3.93. The minimum absolute atomic E-state index is 0.0102. The Balaban J connectivity index is 2.11. The van der Waals surface area contributed by atoms with Crippen molar-refractivity contribution in [2.75, 3.05) is 27.7 Å². The molecule has 0 aromatic carbocycles. The van der Waals surface area contributed by atoms with Crippen molar-refractivity contribution in [3.8, 4) is 0 Å². The number of oxime groups is 1. The molecule has 0 aromatic heterocycles. The van der Waals surface area contributed by atoms with E-state index in [4.69, 9.17) is 10.9 Å². The van der Waals surface area contributed by atoms with E-state index >= 15 is 0 Å². The van der Waals surface area contributed by atoms with Crippen LogP contribution >= 0.6 is 0 Å². The lowest BCUT2D eigenvalue weighted by Crippen LogP contribution is -2.62. The average Bonchev–Trinajstić information content (AvgIpc) is 2.36. The predicted molar refractivity (Wildman–Crippen MR) is 82.1 cm³/mol. The summed E-state index contributed by atoms with van der Waals surface area (Å²) >= 11 is 0. The van der Waals surface area contributed by atoms with Crippen molar-refractivity contribution in [2.45, 2.75) is 44.6 Å². The summed E-state index contributed by atoms with van der Waals surface area (Å²) in [5.41, 5.74) is 5.12. The Morgan fingerprint density at radius 2 is 1.90 bits per heavy atom. The van der Waals surface area contributed by atoms with Gasteiger partial charge in [-0.15, -0.1) is 0 Å². The normalized spacial score (nSPS) is 31.5. The smallest absolute Gasteiger partial charge is 0.236 e. The zero-order chi connectivity index (χ0) is 15.8. The molecule has 3 N–H and O–H groups in total. The number of hydrogen-bond donors (Lipinski definition) is 2. The topological polar surface area (TPSA) is 82.2 Å². The fraction of sp³-hybridized carbons (Fsp3) is 0.867. The SMILES string of the molecule is CC1CC(C(=O)N(C)CC2(N(C)C)CCC2)(C(N)=NO)C1. The molecule has 2 rings (SSSR count). The Bertz CT molecular complexity index is 437. The summed E-state index contributed by atoms with van der Waals surface area (Å²) in [6, 6.07) is 0. The highest BCUT2D eigenvalue weighted by molar-refractivity contribution is 6.07. The van der Waals surface area contributed by atoms with Crippen LogP contribution < -0.4 is 5.73 Å². The first kappa shape index (κ1) is 16.1. The Hall–Kier alpha value is -1.30. The molecular formula is C15H28N4O2. The van der Waals surface area contributed by atoms with E-state index in [1.807, 2.05) is 7.05 Å². The van der Waals surface area contributed by atoms with Crippen LogP contribution in [0.25, 0.3) is 0 Å². The maximum absolute atomic E-state index is 12.9. The number of carbonyl (C=O) groups is 1. The largest absolute Gasteiger partial charge is 0.409 e. The van der Waals surface area contributed by atoms with Crippen molar-refractivity contribution in [1.82, 2.24) is 9.80 Å². The van der Waals surface area contributed by atoms with Gasteiger partial charge in [0.15, 0.2) is 5.84 Å². The van der Waals surface area contributed by atoms with Gasteiger partial charge in [-0.2, -0.15) is 0 Å². The predicted octanol–water partition coefficient (Wildman–Crippen LogP) is 1.09. The molecule has 0 bridgehead atoms. The van der Waals surface area contributed by atoms with Gasteiger partial charge in [0.1, 0.15) is 5.41 Å². The highest BCUT2D eigenvalue weighted by Crippen LogP contribution is 2.47. The molecule has 21 heavy (non-hydrogen) atoms. The molecule has 0 aromatic rings. The summed E-state index contributed by atoms with van der Waals surface area (Å²) < 4.78 is 0. The van der Waals surface area contributed by atoms with Crippen LogP contribution in [0.1, 0.15) is 39.0 Å². The third-order valence-corrected chi connectivity index (χ3v) is 5.51. The molecule has 6 heteroatoms. The molecule has 120 valence electrons. The lowest BCUT2D eigenvalue weighted by Gasteiger charge is -2.51. The number of hydrogen-bond acceptors (Lipinski definition) is 4. The molecule has 2 aliphatic carbocycles. The van der Waals surface area contributed by atoms with Crippen LogP contribution in [0.15, 0.2) is 5.16 Å². The van der Waals surface area contributed by atoms with Crippen molar-refractivity contribution in [2.24, 2.45) is 22.2 Å². The number of nitrogens with zero attached hydrogens (tertiary/aromatic N) is 3. The third kappa shape index (κ3) is 2.50. The van der Waals surface area contributed by atoms with E-state index in [-0.39, 0.29) is 17.3 Å². The summed E-state index contributed by atoms with van der Waals surface area (Å²) in [5.74, 6) is 0.489. The Morgan fingerprint density at radius 3 is 2.24 bits per heavy atom. The van der Waals surface area contributed by atoms with Crippen molar-refractivity contribution in [3.05, 3.63) is 0 Å². The quantitative estimate of drug-likeness (QED) is 0.344. The molecule has 0 unspecified atom stereocenters. The van der Waals surface area contributed by atoms with Crippen molar-refractivity contribution in [3.63, 3.8) is 0 Å². The van der Waals surface area contributed by atoms with Crippen LogP contribution in [0, 0.1) is 11.3 Å². The molecule has 0 saturated heterocycles. The van der Waals surface area contributed by atoms with Crippen LogP contribution in [0.5, 0.6) is 0 Å². The van der Waals surface area contributed by atoms with Gasteiger partial charge in [0.25, 0.3) is 0 Å². The molecular weight excluding hydrogens is 268 g/mol. The minimum Gasteiger partial charge on any atom is -0.409 e. The number of amidine groups is 1. The molecule has 1 amide bonds. The van der Waals surface area contributed by atoms with Gasteiger partial charge >= 0.3 is 0 Å². The molecule has 2 fully saturated rings. The summed E-state index contributed by atoms with van der Waals surface area (Å²) in [6.07, 6.45) is 4.78. The average molecular weight is 296 g/mol. The van der Waals surface area contributed by atoms with E-state index < -0.39 is 5.41 Å². The molecule has 2 saturated carbocycles. The van der Waals surface area contributed by atoms with Gasteiger partial charge in [-0.3, -0.25) is 4.79 Å². The summed E-state index contributed by atoms with van der Waals surface area (Å²) in [5, 5.41) is 12.1. The van der Waals surface area contributed by atoms with Crippen LogP contribution in [0.2, 0.25) is 0 Å². The Kier molecular flexibility index (Phi) is 4.19. The zero-order valence-corrected chi connectivity index (χ0v) is 13.6. The van der Waals surface area contributed by atoms with Gasteiger partial charge in [-0.05, 0) is 52.1 Å².